The largest absolute Gasteiger partial charge is 0.241 e. The summed E-state index contributed by atoms with van der Waals surface area (Å²) in [6.07, 6.45) is 4.45. The molecule has 19 heavy (non-hydrogen) atoms. The van der Waals surface area contributed by atoms with Crippen LogP contribution in [0, 0.1) is 5.41 Å². The fraction of sp³-hybridized carbons (Fsp3) is 0.538. The molecule has 1 saturated carbocycles. The molecule has 0 aromatic heterocycles. The number of nitrogens with one attached hydrogen (secondary N) is 1. The van der Waals surface area contributed by atoms with Gasteiger partial charge in [0.05, 0.1) is 4.90 Å². The predicted molar refractivity (Wildman–Crippen MR) is 83.6 cm³/mol. The molecule has 0 spiro atoms. The van der Waals surface area contributed by atoms with Gasteiger partial charge in [0.2, 0.25) is 10.0 Å². The molecule has 0 unspecified atom stereocenters. The highest BCUT2D eigenvalue weighted by molar-refractivity contribution is 9.11. The summed E-state index contributed by atoms with van der Waals surface area (Å²) in [5.41, 5.74) is 0.209. The lowest BCUT2D eigenvalue weighted by molar-refractivity contribution is 0.449. The van der Waals surface area contributed by atoms with Gasteiger partial charge in [0.1, 0.15) is 0 Å². The Bertz CT molecular complexity index is 568. The number of hydrogen-bond acceptors (Lipinski definition) is 2. The lowest BCUT2D eigenvalue weighted by atomic mass is 10.0. The first kappa shape index (κ1) is 15.5. The molecule has 0 aliphatic heterocycles. The predicted octanol–water partition coefficient (Wildman–Crippen LogP) is 4.07. The van der Waals surface area contributed by atoms with Crippen molar-refractivity contribution in [1.29, 1.82) is 0 Å². The standard InChI is InChI=1S/C13H17Br2NO2S/c1-2-5-13(6-7-13)9-16-19(17,18)12-8-10(14)3-4-11(12)15/h3-4,8,16H,2,5-7,9H2,1H3. The second kappa shape index (κ2) is 5.84. The molecule has 2 rings (SSSR count). The molecule has 0 saturated heterocycles. The van der Waals surface area contributed by atoms with E-state index in [9.17, 15) is 8.42 Å². The highest BCUT2D eigenvalue weighted by Crippen LogP contribution is 2.49. The Balaban J connectivity index is 2.12. The maximum Gasteiger partial charge on any atom is 0.241 e. The monoisotopic (exact) mass is 409 g/mol. The molecule has 6 heteroatoms. The summed E-state index contributed by atoms with van der Waals surface area (Å²) in [7, 11) is -3.45. The molecule has 1 aliphatic carbocycles. The van der Waals surface area contributed by atoms with Crippen LogP contribution in [0.2, 0.25) is 0 Å². The van der Waals surface area contributed by atoms with Gasteiger partial charge in [0.15, 0.2) is 0 Å². The van der Waals surface area contributed by atoms with Crippen molar-refractivity contribution in [3.63, 3.8) is 0 Å². The Morgan fingerprint density at radius 1 is 1.32 bits per heavy atom. The van der Waals surface area contributed by atoms with E-state index in [0.717, 1.165) is 30.2 Å². The number of benzene rings is 1. The van der Waals surface area contributed by atoms with Crippen LogP contribution in [-0.4, -0.2) is 15.0 Å². The van der Waals surface area contributed by atoms with Gasteiger partial charge in [-0.1, -0.05) is 29.3 Å². The molecular formula is C13H17Br2NO2S. The van der Waals surface area contributed by atoms with E-state index in [4.69, 9.17) is 0 Å². The zero-order chi connectivity index (χ0) is 14.1. The number of halogens is 2. The van der Waals surface area contributed by atoms with Gasteiger partial charge < -0.3 is 0 Å². The summed E-state index contributed by atoms with van der Waals surface area (Å²) >= 11 is 6.60. The molecular weight excluding hydrogens is 394 g/mol. The quantitative estimate of drug-likeness (QED) is 0.768. The second-order valence-corrected chi connectivity index (χ2v) is 8.65. The fourth-order valence-corrected chi connectivity index (χ4v) is 4.89. The summed E-state index contributed by atoms with van der Waals surface area (Å²) < 4.78 is 28.7. The maximum absolute atomic E-state index is 12.3. The normalized spacial score (nSPS) is 17.4. The summed E-state index contributed by atoms with van der Waals surface area (Å²) in [5, 5.41) is 0. The lowest BCUT2D eigenvalue weighted by Crippen LogP contribution is -2.30. The minimum atomic E-state index is -3.45. The van der Waals surface area contributed by atoms with Crippen molar-refractivity contribution >= 4 is 41.9 Å². The topological polar surface area (TPSA) is 46.2 Å². The van der Waals surface area contributed by atoms with Crippen LogP contribution in [0.3, 0.4) is 0 Å². The molecule has 1 aromatic rings. The number of rotatable bonds is 6. The molecule has 0 atom stereocenters. The van der Waals surface area contributed by atoms with Crippen LogP contribution in [0.15, 0.2) is 32.0 Å². The van der Waals surface area contributed by atoms with Gasteiger partial charge in [-0.3, -0.25) is 0 Å². The minimum absolute atomic E-state index is 0.209. The van der Waals surface area contributed by atoms with Crippen molar-refractivity contribution in [2.24, 2.45) is 5.41 Å². The van der Waals surface area contributed by atoms with Crippen molar-refractivity contribution in [2.45, 2.75) is 37.5 Å². The summed E-state index contributed by atoms with van der Waals surface area (Å²) in [6, 6.07) is 5.16. The van der Waals surface area contributed by atoms with E-state index in [1.165, 1.54) is 0 Å². The first-order valence-electron chi connectivity index (χ1n) is 6.33. The van der Waals surface area contributed by atoms with Gasteiger partial charge in [-0.25, -0.2) is 13.1 Å². The van der Waals surface area contributed by atoms with Gasteiger partial charge in [0, 0.05) is 15.5 Å². The van der Waals surface area contributed by atoms with Gasteiger partial charge in [-0.15, -0.1) is 0 Å². The van der Waals surface area contributed by atoms with Crippen molar-refractivity contribution in [2.75, 3.05) is 6.54 Å². The SMILES string of the molecule is CCCC1(CNS(=O)(=O)c2cc(Br)ccc2Br)CC1. The van der Waals surface area contributed by atoms with Crippen LogP contribution < -0.4 is 4.72 Å². The van der Waals surface area contributed by atoms with Crippen LogP contribution >= 0.6 is 31.9 Å². The molecule has 1 fully saturated rings. The fourth-order valence-electron chi connectivity index (χ4n) is 2.23. The second-order valence-electron chi connectivity index (χ2n) is 5.15. The Hall–Kier alpha value is 0.0900. The van der Waals surface area contributed by atoms with Crippen LogP contribution in [0.4, 0.5) is 0 Å². The zero-order valence-electron chi connectivity index (χ0n) is 10.7. The third kappa shape index (κ3) is 3.80. The zero-order valence-corrected chi connectivity index (χ0v) is 14.7. The summed E-state index contributed by atoms with van der Waals surface area (Å²) in [6.45, 7) is 2.68. The third-order valence-corrected chi connectivity index (χ3v) is 6.45. The molecule has 1 N–H and O–H groups in total. The Morgan fingerprint density at radius 3 is 2.58 bits per heavy atom. The first-order chi connectivity index (χ1) is 8.88. The van der Waals surface area contributed by atoms with Gasteiger partial charge in [-0.2, -0.15) is 0 Å². The highest BCUT2D eigenvalue weighted by atomic mass is 79.9. The first-order valence-corrected chi connectivity index (χ1v) is 9.40. The maximum atomic E-state index is 12.3. The van der Waals surface area contributed by atoms with Gasteiger partial charge in [-0.05, 0) is 58.8 Å². The van der Waals surface area contributed by atoms with E-state index in [-0.39, 0.29) is 10.3 Å². The van der Waals surface area contributed by atoms with E-state index < -0.39 is 10.0 Å². The summed E-state index contributed by atoms with van der Waals surface area (Å²) in [5.74, 6) is 0. The van der Waals surface area contributed by atoms with Crippen molar-refractivity contribution < 1.29 is 8.42 Å². The molecule has 3 nitrogen and oxygen atoms in total. The summed E-state index contributed by atoms with van der Waals surface area (Å²) in [4.78, 5) is 0.286. The molecule has 0 amide bonds. The van der Waals surface area contributed by atoms with Gasteiger partial charge in [0.25, 0.3) is 0 Å². The van der Waals surface area contributed by atoms with Crippen molar-refractivity contribution in [3.05, 3.63) is 27.1 Å². The molecule has 0 radical (unpaired) electrons. The average Bonchev–Trinajstić information content (AvgIpc) is 3.11. The van der Waals surface area contributed by atoms with E-state index in [0.29, 0.717) is 11.0 Å². The van der Waals surface area contributed by atoms with Crippen LogP contribution in [-0.2, 0) is 10.0 Å². The highest BCUT2D eigenvalue weighted by Gasteiger charge is 2.42. The van der Waals surface area contributed by atoms with Crippen LogP contribution in [0.1, 0.15) is 32.6 Å². The minimum Gasteiger partial charge on any atom is -0.211 e. The molecule has 1 aromatic carbocycles. The average molecular weight is 411 g/mol. The molecule has 106 valence electrons. The van der Waals surface area contributed by atoms with Crippen LogP contribution in [0.25, 0.3) is 0 Å². The van der Waals surface area contributed by atoms with E-state index in [1.54, 1.807) is 12.1 Å². The van der Waals surface area contributed by atoms with Crippen LogP contribution in [0.5, 0.6) is 0 Å². The van der Waals surface area contributed by atoms with Crippen molar-refractivity contribution in [3.8, 4) is 0 Å². The number of sulfonamides is 1. The van der Waals surface area contributed by atoms with E-state index in [2.05, 4.69) is 43.5 Å². The van der Waals surface area contributed by atoms with Gasteiger partial charge >= 0.3 is 0 Å². The Labute approximate surface area is 131 Å². The third-order valence-electron chi connectivity index (χ3n) is 3.56. The van der Waals surface area contributed by atoms with E-state index in [1.807, 2.05) is 6.07 Å². The van der Waals surface area contributed by atoms with Crippen molar-refractivity contribution in [1.82, 2.24) is 4.72 Å². The Morgan fingerprint density at radius 2 is 2.00 bits per heavy atom. The number of hydrogen-bond donors (Lipinski definition) is 1. The molecule has 0 bridgehead atoms. The van der Waals surface area contributed by atoms with E-state index >= 15 is 0 Å². The Kier molecular flexibility index (Phi) is 4.75. The lowest BCUT2D eigenvalue weighted by Gasteiger charge is -2.15. The molecule has 1 aliphatic rings. The molecule has 0 heterocycles. The smallest absolute Gasteiger partial charge is 0.211 e.